The van der Waals surface area contributed by atoms with Crippen LogP contribution in [0, 0.1) is 0 Å². The first-order valence-electron chi connectivity index (χ1n) is 7.61. The Morgan fingerprint density at radius 1 is 1.26 bits per heavy atom. The number of ether oxygens (including phenoxy) is 2. The van der Waals surface area contributed by atoms with Crippen LogP contribution >= 0.6 is 11.8 Å². The molecule has 1 saturated heterocycles. The number of rotatable bonds is 6. The molecule has 0 aliphatic carbocycles. The average Bonchev–Trinajstić information content (AvgIpc) is 2.77. The highest BCUT2D eigenvalue weighted by Crippen LogP contribution is 2.34. The molecule has 0 unspecified atom stereocenters. The molecule has 1 fully saturated rings. The predicted octanol–water partition coefficient (Wildman–Crippen LogP) is 3.93. The molecule has 1 heterocycles. The molecule has 6 heteroatoms. The first-order valence-corrected chi connectivity index (χ1v) is 8.43. The zero-order valence-corrected chi connectivity index (χ0v) is 14.6. The fourth-order valence-corrected chi connectivity index (χ4v) is 2.80. The standard InChI is InChI=1S/C17H21NO4S/c1-5-11(3)22-13-8-7-12(9-14(13)21-6-2)10-15-16(19)18(4)17(20)23-15/h7-11H,5-6H2,1-4H3/b15-10+/t11-/m1/s1. The first-order chi connectivity index (χ1) is 11.0. The van der Waals surface area contributed by atoms with Gasteiger partial charge in [0.1, 0.15) is 0 Å². The number of benzene rings is 1. The summed E-state index contributed by atoms with van der Waals surface area (Å²) in [6.45, 7) is 6.48. The van der Waals surface area contributed by atoms with Crippen LogP contribution in [0.15, 0.2) is 23.1 Å². The second-order valence-electron chi connectivity index (χ2n) is 5.22. The molecule has 124 valence electrons. The molecule has 0 aromatic heterocycles. The average molecular weight is 335 g/mol. The van der Waals surface area contributed by atoms with Crippen LogP contribution in [-0.4, -0.2) is 35.8 Å². The van der Waals surface area contributed by atoms with Gasteiger partial charge in [0.2, 0.25) is 0 Å². The van der Waals surface area contributed by atoms with Gasteiger partial charge >= 0.3 is 0 Å². The lowest BCUT2D eigenvalue weighted by Gasteiger charge is -2.16. The van der Waals surface area contributed by atoms with E-state index in [4.69, 9.17) is 9.47 Å². The van der Waals surface area contributed by atoms with E-state index in [9.17, 15) is 9.59 Å². The Morgan fingerprint density at radius 2 is 2.00 bits per heavy atom. The number of hydrogen-bond donors (Lipinski definition) is 0. The number of thioether (sulfide) groups is 1. The molecule has 2 amide bonds. The van der Waals surface area contributed by atoms with Crippen molar-refractivity contribution in [2.75, 3.05) is 13.7 Å². The minimum absolute atomic E-state index is 0.0941. The van der Waals surface area contributed by atoms with Gasteiger partial charge in [0.15, 0.2) is 11.5 Å². The Labute approximate surface area is 140 Å². The molecule has 1 aromatic rings. The fraction of sp³-hybridized carbons (Fsp3) is 0.412. The van der Waals surface area contributed by atoms with Crippen LogP contribution in [-0.2, 0) is 4.79 Å². The first kappa shape index (κ1) is 17.4. The lowest BCUT2D eigenvalue weighted by atomic mass is 10.1. The van der Waals surface area contributed by atoms with Crippen molar-refractivity contribution in [3.05, 3.63) is 28.7 Å². The van der Waals surface area contributed by atoms with Gasteiger partial charge in [0, 0.05) is 7.05 Å². The van der Waals surface area contributed by atoms with E-state index in [-0.39, 0.29) is 17.3 Å². The van der Waals surface area contributed by atoms with Crippen LogP contribution in [0.5, 0.6) is 11.5 Å². The summed E-state index contributed by atoms with van der Waals surface area (Å²) in [6, 6.07) is 5.51. The number of likely N-dealkylation sites (N-methyl/N-ethyl adjacent to an activating group) is 1. The lowest BCUT2D eigenvalue weighted by molar-refractivity contribution is -0.121. The number of carbonyl (C=O) groups is 2. The second-order valence-corrected chi connectivity index (χ2v) is 6.21. The Kier molecular flexibility index (Phi) is 5.71. The molecule has 23 heavy (non-hydrogen) atoms. The highest BCUT2D eigenvalue weighted by molar-refractivity contribution is 8.18. The molecule has 0 radical (unpaired) electrons. The zero-order chi connectivity index (χ0) is 17.0. The lowest BCUT2D eigenvalue weighted by Crippen LogP contribution is -2.22. The Morgan fingerprint density at radius 3 is 2.57 bits per heavy atom. The third-order valence-corrected chi connectivity index (χ3v) is 4.42. The molecule has 1 aliphatic heterocycles. The SMILES string of the molecule is CCOc1cc(/C=C2/SC(=O)N(C)C2=O)ccc1O[C@H](C)CC. The van der Waals surface area contributed by atoms with Crippen LogP contribution in [0.4, 0.5) is 4.79 Å². The topological polar surface area (TPSA) is 55.8 Å². The van der Waals surface area contributed by atoms with E-state index in [1.165, 1.54) is 7.05 Å². The number of hydrogen-bond acceptors (Lipinski definition) is 5. The summed E-state index contributed by atoms with van der Waals surface area (Å²) >= 11 is 0.941. The third-order valence-electron chi connectivity index (χ3n) is 3.45. The van der Waals surface area contributed by atoms with Crippen LogP contribution in [0.2, 0.25) is 0 Å². The maximum atomic E-state index is 11.9. The largest absolute Gasteiger partial charge is 0.490 e. The van der Waals surface area contributed by atoms with Gasteiger partial charge in [-0.3, -0.25) is 14.5 Å². The predicted molar refractivity (Wildman–Crippen MR) is 91.7 cm³/mol. The van der Waals surface area contributed by atoms with Gasteiger partial charge in [0.25, 0.3) is 11.1 Å². The maximum Gasteiger partial charge on any atom is 0.293 e. The van der Waals surface area contributed by atoms with E-state index in [1.54, 1.807) is 6.08 Å². The Bertz CT molecular complexity index is 641. The maximum absolute atomic E-state index is 11.9. The van der Waals surface area contributed by atoms with E-state index >= 15 is 0 Å². The molecular formula is C17H21NO4S. The van der Waals surface area contributed by atoms with Crippen LogP contribution < -0.4 is 9.47 Å². The van der Waals surface area contributed by atoms with E-state index in [0.717, 1.165) is 28.6 Å². The molecule has 1 aromatic carbocycles. The zero-order valence-electron chi connectivity index (χ0n) is 13.8. The summed E-state index contributed by atoms with van der Waals surface area (Å²) in [7, 11) is 1.48. The van der Waals surface area contributed by atoms with E-state index in [1.807, 2.05) is 32.0 Å². The van der Waals surface area contributed by atoms with Crippen molar-refractivity contribution in [1.29, 1.82) is 0 Å². The van der Waals surface area contributed by atoms with Gasteiger partial charge in [-0.05, 0) is 55.8 Å². The van der Waals surface area contributed by atoms with Crippen LogP contribution in [0.25, 0.3) is 6.08 Å². The third kappa shape index (κ3) is 4.07. The summed E-state index contributed by atoms with van der Waals surface area (Å²) in [5.74, 6) is 1.04. The molecule has 5 nitrogen and oxygen atoms in total. The fourth-order valence-electron chi connectivity index (χ4n) is 1.98. The van der Waals surface area contributed by atoms with Gasteiger partial charge < -0.3 is 9.47 Å². The van der Waals surface area contributed by atoms with Gasteiger partial charge in [-0.2, -0.15) is 0 Å². The molecule has 1 atom stereocenters. The van der Waals surface area contributed by atoms with Crippen LogP contribution in [0.1, 0.15) is 32.8 Å². The Balaban J connectivity index is 2.29. The molecule has 0 spiro atoms. The summed E-state index contributed by atoms with van der Waals surface area (Å²) < 4.78 is 11.5. The normalized spacial score (nSPS) is 17.7. The van der Waals surface area contributed by atoms with Crippen LogP contribution in [0.3, 0.4) is 0 Å². The summed E-state index contributed by atoms with van der Waals surface area (Å²) in [5.41, 5.74) is 0.795. The molecule has 1 aliphatic rings. The van der Waals surface area contributed by atoms with E-state index in [0.29, 0.717) is 23.0 Å². The van der Waals surface area contributed by atoms with Gasteiger partial charge in [-0.1, -0.05) is 13.0 Å². The summed E-state index contributed by atoms with van der Waals surface area (Å²) in [5, 5.41) is -0.261. The summed E-state index contributed by atoms with van der Waals surface area (Å²) in [6.07, 6.45) is 2.69. The minimum Gasteiger partial charge on any atom is -0.490 e. The van der Waals surface area contributed by atoms with Gasteiger partial charge in [-0.25, -0.2) is 0 Å². The Hall–Kier alpha value is -1.95. The van der Waals surface area contributed by atoms with Crippen molar-refractivity contribution in [3.8, 4) is 11.5 Å². The van der Waals surface area contributed by atoms with E-state index in [2.05, 4.69) is 6.92 Å². The minimum atomic E-state index is -0.280. The van der Waals surface area contributed by atoms with Gasteiger partial charge in [0.05, 0.1) is 17.6 Å². The van der Waals surface area contributed by atoms with Crippen molar-refractivity contribution >= 4 is 29.0 Å². The molecule has 0 saturated carbocycles. The highest BCUT2D eigenvalue weighted by Gasteiger charge is 2.31. The molecular weight excluding hydrogens is 314 g/mol. The number of nitrogens with zero attached hydrogens (tertiary/aromatic N) is 1. The van der Waals surface area contributed by atoms with Crippen molar-refractivity contribution in [2.45, 2.75) is 33.3 Å². The molecule has 0 N–H and O–H groups in total. The summed E-state index contributed by atoms with van der Waals surface area (Å²) in [4.78, 5) is 25.0. The quantitative estimate of drug-likeness (QED) is 0.737. The molecule has 0 bridgehead atoms. The highest BCUT2D eigenvalue weighted by atomic mass is 32.2. The number of carbonyl (C=O) groups excluding carboxylic acids is 2. The van der Waals surface area contributed by atoms with Gasteiger partial charge in [-0.15, -0.1) is 0 Å². The monoisotopic (exact) mass is 335 g/mol. The van der Waals surface area contributed by atoms with Crippen molar-refractivity contribution < 1.29 is 19.1 Å². The smallest absolute Gasteiger partial charge is 0.293 e. The van der Waals surface area contributed by atoms with Crippen molar-refractivity contribution in [2.24, 2.45) is 0 Å². The number of imide groups is 1. The van der Waals surface area contributed by atoms with E-state index < -0.39 is 0 Å². The molecule has 2 rings (SSSR count). The number of amides is 2. The second kappa shape index (κ2) is 7.55. The van der Waals surface area contributed by atoms with Crippen molar-refractivity contribution in [1.82, 2.24) is 4.90 Å². The van der Waals surface area contributed by atoms with Crippen molar-refractivity contribution in [3.63, 3.8) is 0 Å².